The zero-order chi connectivity index (χ0) is 20.4. The molecule has 2 amide bonds. The lowest BCUT2D eigenvalue weighted by atomic mass is 9.78. The molecular weight excluding hydrogens is 360 g/mol. The number of likely N-dealkylation sites (tertiary alicyclic amines) is 1. The Morgan fingerprint density at radius 3 is 2.38 bits per heavy atom. The number of hydrogen-bond acceptors (Lipinski definition) is 2. The highest BCUT2D eigenvalue weighted by Crippen LogP contribution is 2.36. The Hall–Kier alpha value is -2.36. The van der Waals surface area contributed by atoms with Gasteiger partial charge in [-0.15, -0.1) is 0 Å². The van der Waals surface area contributed by atoms with Gasteiger partial charge < -0.3 is 10.2 Å². The van der Waals surface area contributed by atoms with E-state index in [1.807, 2.05) is 36.4 Å². The molecule has 1 saturated carbocycles. The van der Waals surface area contributed by atoms with Crippen molar-refractivity contribution >= 4 is 22.6 Å². The molecule has 2 aromatic carbocycles. The summed E-state index contributed by atoms with van der Waals surface area (Å²) >= 11 is 0. The van der Waals surface area contributed by atoms with Gasteiger partial charge in [0, 0.05) is 30.3 Å². The fourth-order valence-corrected chi connectivity index (χ4v) is 4.96. The zero-order valence-electron chi connectivity index (χ0n) is 17.6. The number of rotatable bonds is 4. The van der Waals surface area contributed by atoms with Gasteiger partial charge in [-0.1, -0.05) is 38.8 Å². The van der Waals surface area contributed by atoms with Gasteiger partial charge in [0.25, 0.3) is 11.8 Å². The summed E-state index contributed by atoms with van der Waals surface area (Å²) in [5, 5.41) is 4.96. The molecule has 1 heterocycles. The number of carbonyl (C=O) groups is 2. The van der Waals surface area contributed by atoms with Gasteiger partial charge in [-0.3, -0.25) is 9.59 Å². The van der Waals surface area contributed by atoms with Gasteiger partial charge >= 0.3 is 0 Å². The first-order valence-corrected chi connectivity index (χ1v) is 11.2. The minimum absolute atomic E-state index is 0.0441. The lowest BCUT2D eigenvalue weighted by Crippen LogP contribution is -2.49. The van der Waals surface area contributed by atoms with E-state index in [4.69, 9.17) is 0 Å². The number of fused-ring (bicyclic) bond motifs is 2. The van der Waals surface area contributed by atoms with Crippen molar-refractivity contribution in [2.75, 3.05) is 13.1 Å². The molecule has 1 N–H and O–H groups in total. The summed E-state index contributed by atoms with van der Waals surface area (Å²) in [6.07, 6.45) is 7.37. The average Bonchev–Trinajstić information content (AvgIpc) is 2.75. The van der Waals surface area contributed by atoms with Crippen LogP contribution in [0.3, 0.4) is 0 Å². The molecule has 0 radical (unpaired) electrons. The van der Waals surface area contributed by atoms with Crippen LogP contribution in [0, 0.1) is 11.8 Å². The van der Waals surface area contributed by atoms with Gasteiger partial charge in [-0.05, 0) is 72.6 Å². The Kier molecular flexibility index (Phi) is 5.89. The smallest absolute Gasteiger partial charge is 0.254 e. The van der Waals surface area contributed by atoms with E-state index < -0.39 is 0 Å². The van der Waals surface area contributed by atoms with Crippen molar-refractivity contribution in [3.63, 3.8) is 0 Å². The van der Waals surface area contributed by atoms with Gasteiger partial charge in [0.1, 0.15) is 0 Å². The van der Waals surface area contributed by atoms with Crippen molar-refractivity contribution < 1.29 is 9.59 Å². The second kappa shape index (κ2) is 8.56. The maximum atomic E-state index is 13.3. The summed E-state index contributed by atoms with van der Waals surface area (Å²) in [6.45, 7) is 5.71. The minimum Gasteiger partial charge on any atom is -0.352 e. The van der Waals surface area contributed by atoms with Crippen LogP contribution < -0.4 is 5.32 Å². The Morgan fingerprint density at radius 1 is 0.966 bits per heavy atom. The van der Waals surface area contributed by atoms with Crippen molar-refractivity contribution in [2.45, 2.75) is 58.4 Å². The van der Waals surface area contributed by atoms with Crippen LogP contribution in [0.4, 0.5) is 0 Å². The molecule has 1 aliphatic carbocycles. The molecule has 0 aromatic heterocycles. The highest BCUT2D eigenvalue weighted by Gasteiger charge is 2.35. The number of hydrogen-bond donors (Lipinski definition) is 1. The molecule has 154 valence electrons. The van der Waals surface area contributed by atoms with E-state index in [1.165, 1.54) is 25.7 Å². The Bertz CT molecular complexity index is 903. The Morgan fingerprint density at radius 2 is 1.62 bits per heavy atom. The lowest BCUT2D eigenvalue weighted by Gasteiger charge is -2.44. The predicted octanol–water partition coefficient (Wildman–Crippen LogP) is 5.02. The van der Waals surface area contributed by atoms with Gasteiger partial charge in [0.05, 0.1) is 0 Å². The molecule has 4 heteroatoms. The SMILES string of the molecule is CC(C)CNC(=O)c1ccc2cc(C(=O)N3CCC[C@H]4CCCC[C@@H]43)ccc2c1. The van der Waals surface area contributed by atoms with E-state index in [1.54, 1.807) is 0 Å². The summed E-state index contributed by atoms with van der Waals surface area (Å²) < 4.78 is 0. The molecule has 2 atom stereocenters. The van der Waals surface area contributed by atoms with Crippen LogP contribution in [0.25, 0.3) is 10.8 Å². The zero-order valence-corrected chi connectivity index (χ0v) is 17.6. The second-order valence-corrected chi connectivity index (χ2v) is 9.13. The third-order valence-corrected chi connectivity index (χ3v) is 6.52. The summed E-state index contributed by atoms with van der Waals surface area (Å²) in [5.74, 6) is 1.24. The van der Waals surface area contributed by atoms with Crippen LogP contribution in [-0.2, 0) is 0 Å². The molecule has 4 nitrogen and oxygen atoms in total. The molecule has 0 spiro atoms. The second-order valence-electron chi connectivity index (χ2n) is 9.13. The number of amides is 2. The molecule has 1 saturated heterocycles. The third-order valence-electron chi connectivity index (χ3n) is 6.52. The van der Waals surface area contributed by atoms with E-state index in [9.17, 15) is 9.59 Å². The molecule has 2 fully saturated rings. The normalized spacial score (nSPS) is 21.8. The number of carbonyl (C=O) groups excluding carboxylic acids is 2. The van der Waals surface area contributed by atoms with Gasteiger partial charge in [-0.25, -0.2) is 0 Å². The number of nitrogens with zero attached hydrogens (tertiary/aromatic N) is 1. The first-order chi connectivity index (χ1) is 14.0. The van der Waals surface area contributed by atoms with Crippen LogP contribution in [0.1, 0.15) is 73.1 Å². The fraction of sp³-hybridized carbons (Fsp3) is 0.520. The average molecular weight is 393 g/mol. The number of piperidine rings is 1. The summed E-state index contributed by atoms with van der Waals surface area (Å²) in [7, 11) is 0. The number of nitrogens with one attached hydrogen (secondary N) is 1. The van der Waals surface area contributed by atoms with Gasteiger partial charge in [0.15, 0.2) is 0 Å². The first-order valence-electron chi connectivity index (χ1n) is 11.2. The number of benzene rings is 2. The quantitative estimate of drug-likeness (QED) is 0.794. The van der Waals surface area contributed by atoms with E-state index in [-0.39, 0.29) is 11.8 Å². The van der Waals surface area contributed by atoms with E-state index in [0.29, 0.717) is 30.0 Å². The maximum absolute atomic E-state index is 13.3. The standard InChI is InChI=1S/C25H32N2O2/c1-17(2)16-26-24(28)21-11-9-20-15-22(12-10-19(20)14-21)25(29)27-13-5-7-18-6-3-4-8-23(18)27/h9-12,14-15,17-18,23H,3-8,13,16H2,1-2H3,(H,26,28)/t18-,23+/m1/s1. The van der Waals surface area contributed by atoms with E-state index in [0.717, 1.165) is 35.7 Å². The van der Waals surface area contributed by atoms with Crippen LogP contribution in [-0.4, -0.2) is 35.8 Å². The molecule has 4 rings (SSSR count). The van der Waals surface area contributed by atoms with E-state index >= 15 is 0 Å². The molecule has 2 aliphatic rings. The molecule has 29 heavy (non-hydrogen) atoms. The molecule has 0 unspecified atom stereocenters. The van der Waals surface area contributed by atoms with Crippen LogP contribution in [0.5, 0.6) is 0 Å². The van der Waals surface area contributed by atoms with Crippen LogP contribution >= 0.6 is 0 Å². The molecule has 1 aliphatic heterocycles. The maximum Gasteiger partial charge on any atom is 0.254 e. The van der Waals surface area contributed by atoms with Crippen molar-refractivity contribution in [1.82, 2.24) is 10.2 Å². The van der Waals surface area contributed by atoms with E-state index in [2.05, 4.69) is 24.1 Å². The molecule has 2 aromatic rings. The first kappa shape index (κ1) is 19.9. The predicted molar refractivity (Wildman–Crippen MR) is 117 cm³/mol. The summed E-state index contributed by atoms with van der Waals surface area (Å²) in [4.78, 5) is 27.8. The lowest BCUT2D eigenvalue weighted by molar-refractivity contribution is 0.0391. The van der Waals surface area contributed by atoms with Gasteiger partial charge in [0.2, 0.25) is 0 Å². The van der Waals surface area contributed by atoms with Crippen molar-refractivity contribution in [3.8, 4) is 0 Å². The van der Waals surface area contributed by atoms with Crippen molar-refractivity contribution in [2.24, 2.45) is 11.8 Å². The van der Waals surface area contributed by atoms with Crippen molar-refractivity contribution in [1.29, 1.82) is 0 Å². The van der Waals surface area contributed by atoms with Gasteiger partial charge in [-0.2, -0.15) is 0 Å². The third kappa shape index (κ3) is 4.31. The highest BCUT2D eigenvalue weighted by atomic mass is 16.2. The molecular formula is C25H32N2O2. The minimum atomic E-state index is -0.0441. The van der Waals surface area contributed by atoms with Crippen LogP contribution in [0.15, 0.2) is 36.4 Å². The van der Waals surface area contributed by atoms with Crippen LogP contribution in [0.2, 0.25) is 0 Å². The summed E-state index contributed by atoms with van der Waals surface area (Å²) in [6, 6.07) is 12.0. The highest BCUT2D eigenvalue weighted by molar-refractivity contribution is 6.02. The topological polar surface area (TPSA) is 49.4 Å². The van der Waals surface area contributed by atoms with Crippen molar-refractivity contribution in [3.05, 3.63) is 47.5 Å². The fourth-order valence-electron chi connectivity index (χ4n) is 4.96. The molecule has 0 bridgehead atoms. The Balaban J connectivity index is 1.53. The largest absolute Gasteiger partial charge is 0.352 e. The monoisotopic (exact) mass is 392 g/mol. The summed E-state index contributed by atoms with van der Waals surface area (Å²) in [5.41, 5.74) is 1.43. The Labute approximate surface area is 173 Å².